The molecule has 1 saturated heterocycles. The summed E-state index contributed by atoms with van der Waals surface area (Å²) in [6.45, 7) is 10.2. The highest BCUT2D eigenvalue weighted by Crippen LogP contribution is 2.33. The van der Waals surface area contributed by atoms with E-state index in [9.17, 15) is 9.59 Å². The first-order chi connectivity index (χ1) is 12.8. The summed E-state index contributed by atoms with van der Waals surface area (Å²) in [6, 6.07) is 5.68. The van der Waals surface area contributed by atoms with Gasteiger partial charge in [-0.3, -0.25) is 9.59 Å². The number of rotatable bonds is 3. The van der Waals surface area contributed by atoms with Crippen LogP contribution < -0.4 is 14.8 Å². The molecule has 1 fully saturated rings. The minimum atomic E-state index is -0.373. The average Bonchev–Trinajstić information content (AvgIpc) is 2.66. The molecule has 2 heterocycles. The van der Waals surface area contributed by atoms with Gasteiger partial charge in [-0.25, -0.2) is 0 Å². The van der Waals surface area contributed by atoms with Crippen molar-refractivity contribution in [3.63, 3.8) is 0 Å². The molecule has 3 rings (SSSR count). The van der Waals surface area contributed by atoms with Gasteiger partial charge in [0.05, 0.1) is 6.04 Å². The lowest BCUT2D eigenvalue weighted by Gasteiger charge is -2.35. The van der Waals surface area contributed by atoms with Crippen molar-refractivity contribution in [1.29, 1.82) is 0 Å². The maximum atomic E-state index is 12.7. The predicted octanol–water partition coefficient (Wildman–Crippen LogP) is 2.92. The van der Waals surface area contributed by atoms with Crippen LogP contribution in [-0.4, -0.2) is 43.0 Å². The maximum Gasteiger partial charge on any atom is 0.227 e. The molecule has 0 aliphatic carbocycles. The number of piperidine rings is 1. The number of ether oxygens (including phenoxy) is 2. The van der Waals surface area contributed by atoms with E-state index in [4.69, 9.17) is 9.47 Å². The largest absolute Gasteiger partial charge is 0.486 e. The lowest BCUT2D eigenvalue weighted by Crippen LogP contribution is -2.46. The van der Waals surface area contributed by atoms with Gasteiger partial charge in [-0.15, -0.1) is 0 Å². The number of carbonyl (C=O) groups excluding carboxylic acids is 2. The molecule has 0 spiro atoms. The van der Waals surface area contributed by atoms with Crippen LogP contribution in [0.15, 0.2) is 18.2 Å². The van der Waals surface area contributed by atoms with Crippen LogP contribution in [0.5, 0.6) is 11.5 Å². The Morgan fingerprint density at radius 3 is 2.37 bits per heavy atom. The number of amides is 2. The van der Waals surface area contributed by atoms with E-state index in [0.717, 1.165) is 17.1 Å². The summed E-state index contributed by atoms with van der Waals surface area (Å²) in [6.07, 6.45) is 1.42. The van der Waals surface area contributed by atoms with Gasteiger partial charge >= 0.3 is 0 Å². The number of hydrogen-bond acceptors (Lipinski definition) is 4. The minimum Gasteiger partial charge on any atom is -0.486 e. The Hall–Kier alpha value is -2.24. The van der Waals surface area contributed by atoms with Gasteiger partial charge in [0.25, 0.3) is 0 Å². The van der Waals surface area contributed by atoms with E-state index in [-0.39, 0.29) is 29.2 Å². The van der Waals surface area contributed by atoms with Gasteiger partial charge in [0, 0.05) is 24.4 Å². The molecule has 2 aliphatic rings. The zero-order chi connectivity index (χ0) is 19.6. The van der Waals surface area contributed by atoms with E-state index in [1.807, 2.05) is 50.8 Å². The van der Waals surface area contributed by atoms with Crippen molar-refractivity contribution < 1.29 is 19.1 Å². The molecular weight excluding hydrogens is 344 g/mol. The molecule has 1 atom stereocenters. The smallest absolute Gasteiger partial charge is 0.227 e. The fourth-order valence-corrected chi connectivity index (χ4v) is 3.56. The SMILES string of the molecule is C[C@@H](NC(=O)C1CCN(C(=O)C(C)(C)C)CC1)c1ccc2c(c1)OCCO2. The second-order valence-corrected chi connectivity index (χ2v) is 8.45. The Bertz CT molecular complexity index is 703. The normalized spacial score (nSPS) is 18.7. The van der Waals surface area contributed by atoms with E-state index in [1.165, 1.54) is 0 Å². The van der Waals surface area contributed by atoms with Gasteiger partial charge in [0.15, 0.2) is 11.5 Å². The van der Waals surface area contributed by atoms with Gasteiger partial charge in [0.2, 0.25) is 11.8 Å². The van der Waals surface area contributed by atoms with Crippen LogP contribution in [0.2, 0.25) is 0 Å². The molecule has 6 nitrogen and oxygen atoms in total. The van der Waals surface area contributed by atoms with E-state index < -0.39 is 0 Å². The Kier molecular flexibility index (Phi) is 5.63. The number of nitrogens with one attached hydrogen (secondary N) is 1. The van der Waals surface area contributed by atoms with E-state index >= 15 is 0 Å². The highest BCUT2D eigenvalue weighted by atomic mass is 16.6. The molecule has 6 heteroatoms. The van der Waals surface area contributed by atoms with Crippen molar-refractivity contribution in [2.45, 2.75) is 46.6 Å². The minimum absolute atomic E-state index is 0.0475. The molecule has 0 bridgehead atoms. The molecule has 2 aliphatic heterocycles. The van der Waals surface area contributed by atoms with Crippen LogP contribution in [0, 0.1) is 11.3 Å². The lowest BCUT2D eigenvalue weighted by molar-refractivity contribution is -0.142. The topological polar surface area (TPSA) is 67.9 Å². The summed E-state index contributed by atoms with van der Waals surface area (Å²) in [5.74, 6) is 1.65. The predicted molar refractivity (Wildman–Crippen MR) is 103 cm³/mol. The second-order valence-electron chi connectivity index (χ2n) is 8.45. The van der Waals surface area contributed by atoms with Crippen LogP contribution in [-0.2, 0) is 9.59 Å². The summed E-state index contributed by atoms with van der Waals surface area (Å²) >= 11 is 0. The molecule has 1 aromatic rings. The Labute approximate surface area is 161 Å². The van der Waals surface area contributed by atoms with E-state index in [0.29, 0.717) is 39.1 Å². The highest BCUT2D eigenvalue weighted by Gasteiger charge is 2.32. The van der Waals surface area contributed by atoms with Crippen molar-refractivity contribution >= 4 is 11.8 Å². The summed E-state index contributed by atoms with van der Waals surface area (Å²) in [4.78, 5) is 26.9. The zero-order valence-electron chi connectivity index (χ0n) is 16.7. The van der Waals surface area contributed by atoms with Crippen LogP contribution in [0.4, 0.5) is 0 Å². The van der Waals surface area contributed by atoms with Crippen molar-refractivity contribution in [2.75, 3.05) is 26.3 Å². The monoisotopic (exact) mass is 374 g/mol. The maximum absolute atomic E-state index is 12.7. The highest BCUT2D eigenvalue weighted by molar-refractivity contribution is 5.83. The molecule has 2 amide bonds. The average molecular weight is 374 g/mol. The van der Waals surface area contributed by atoms with E-state index in [1.54, 1.807) is 0 Å². The number of likely N-dealkylation sites (tertiary alicyclic amines) is 1. The first kappa shape index (κ1) is 19.5. The fourth-order valence-electron chi connectivity index (χ4n) is 3.56. The molecule has 0 aromatic heterocycles. The summed E-state index contributed by atoms with van der Waals surface area (Å²) < 4.78 is 11.2. The Morgan fingerprint density at radius 1 is 1.11 bits per heavy atom. The number of benzene rings is 1. The van der Waals surface area contributed by atoms with Gasteiger partial charge in [-0.1, -0.05) is 26.8 Å². The van der Waals surface area contributed by atoms with Crippen LogP contribution in [0.3, 0.4) is 0 Å². The second kappa shape index (κ2) is 7.79. The summed E-state index contributed by atoms with van der Waals surface area (Å²) in [5, 5.41) is 3.11. The number of fused-ring (bicyclic) bond motifs is 1. The molecule has 0 saturated carbocycles. The first-order valence-corrected chi connectivity index (χ1v) is 9.75. The molecular formula is C21H30N2O4. The van der Waals surface area contributed by atoms with Crippen molar-refractivity contribution in [1.82, 2.24) is 10.2 Å². The van der Waals surface area contributed by atoms with Crippen molar-refractivity contribution in [3.8, 4) is 11.5 Å². The third kappa shape index (κ3) is 4.54. The molecule has 1 N–H and O–H groups in total. The van der Waals surface area contributed by atoms with Gasteiger partial charge in [0.1, 0.15) is 13.2 Å². The van der Waals surface area contributed by atoms with Crippen molar-refractivity contribution in [2.24, 2.45) is 11.3 Å². The number of hydrogen-bond donors (Lipinski definition) is 1. The summed E-state index contributed by atoms with van der Waals surface area (Å²) in [7, 11) is 0. The van der Waals surface area contributed by atoms with Gasteiger partial charge in [-0.05, 0) is 37.5 Å². The van der Waals surface area contributed by atoms with Gasteiger partial charge < -0.3 is 19.7 Å². The quantitative estimate of drug-likeness (QED) is 0.883. The standard InChI is InChI=1S/C21H30N2O4/c1-14(16-5-6-17-18(13-16)27-12-11-26-17)22-19(24)15-7-9-23(10-8-15)20(25)21(2,3)4/h5-6,13-15H,7-12H2,1-4H3,(H,22,24)/t14-/m1/s1. The molecule has 148 valence electrons. The zero-order valence-corrected chi connectivity index (χ0v) is 16.7. The molecule has 1 aromatic carbocycles. The van der Waals surface area contributed by atoms with Crippen LogP contribution >= 0.6 is 0 Å². The van der Waals surface area contributed by atoms with E-state index in [2.05, 4.69) is 5.32 Å². The summed E-state index contributed by atoms with van der Waals surface area (Å²) in [5.41, 5.74) is 0.620. The Balaban J connectivity index is 1.54. The molecule has 0 unspecified atom stereocenters. The molecule has 27 heavy (non-hydrogen) atoms. The number of nitrogens with zero attached hydrogens (tertiary/aromatic N) is 1. The lowest BCUT2D eigenvalue weighted by atomic mass is 9.90. The van der Waals surface area contributed by atoms with Crippen LogP contribution in [0.1, 0.15) is 52.1 Å². The number of carbonyl (C=O) groups is 2. The Morgan fingerprint density at radius 2 is 1.74 bits per heavy atom. The fraction of sp³-hybridized carbons (Fsp3) is 0.619. The third-order valence-corrected chi connectivity index (χ3v) is 5.22. The molecule has 0 radical (unpaired) electrons. The van der Waals surface area contributed by atoms with Gasteiger partial charge in [-0.2, -0.15) is 0 Å². The van der Waals surface area contributed by atoms with Crippen molar-refractivity contribution in [3.05, 3.63) is 23.8 Å². The third-order valence-electron chi connectivity index (χ3n) is 5.22. The van der Waals surface area contributed by atoms with Crippen LogP contribution in [0.25, 0.3) is 0 Å². The first-order valence-electron chi connectivity index (χ1n) is 9.75.